The zero-order valence-corrected chi connectivity index (χ0v) is 11.6. The molecule has 3 rings (SSSR count). The number of nitrogens with zero attached hydrogens (tertiary/aromatic N) is 3. The molecule has 106 valence electrons. The fourth-order valence-corrected chi connectivity index (χ4v) is 3.28. The van der Waals surface area contributed by atoms with E-state index in [0.29, 0.717) is 6.54 Å². The summed E-state index contributed by atoms with van der Waals surface area (Å²) in [5.41, 5.74) is 0.926. The summed E-state index contributed by atoms with van der Waals surface area (Å²) in [6.45, 7) is 6.31. The second-order valence-electron chi connectivity index (χ2n) is 5.81. The van der Waals surface area contributed by atoms with Gasteiger partial charge in [-0.1, -0.05) is 6.92 Å². The van der Waals surface area contributed by atoms with Crippen molar-refractivity contribution in [2.75, 3.05) is 19.7 Å². The molecule has 3 heterocycles. The van der Waals surface area contributed by atoms with Crippen LogP contribution in [-0.4, -0.2) is 51.2 Å². The molecule has 0 saturated carbocycles. The van der Waals surface area contributed by atoms with Gasteiger partial charge in [-0.25, -0.2) is 0 Å². The monoisotopic (exact) mass is 265 g/mol. The smallest absolute Gasteiger partial charge is 0.108 e. The predicted molar refractivity (Wildman–Crippen MR) is 71.7 cm³/mol. The Bertz CT molecular complexity index is 426. The first-order valence-electron chi connectivity index (χ1n) is 7.27. The van der Waals surface area contributed by atoms with Gasteiger partial charge in [0.05, 0.1) is 12.3 Å². The van der Waals surface area contributed by atoms with Gasteiger partial charge in [-0.05, 0) is 19.3 Å². The minimum absolute atomic E-state index is 0.292. The Morgan fingerprint density at radius 3 is 3.21 bits per heavy atom. The number of hydrogen-bond acceptors (Lipinski definition) is 4. The maximum absolute atomic E-state index is 10.2. The van der Waals surface area contributed by atoms with E-state index in [4.69, 9.17) is 4.74 Å². The molecule has 2 fully saturated rings. The number of likely N-dealkylation sites (tertiary alicyclic amines) is 1. The number of aromatic nitrogens is 2. The van der Waals surface area contributed by atoms with Crippen LogP contribution in [0.3, 0.4) is 0 Å². The highest BCUT2D eigenvalue weighted by molar-refractivity contribution is 5.08. The Morgan fingerprint density at radius 1 is 1.58 bits per heavy atom. The summed E-state index contributed by atoms with van der Waals surface area (Å²) in [7, 11) is 0. The van der Waals surface area contributed by atoms with Crippen LogP contribution in [0, 0.1) is 0 Å². The van der Waals surface area contributed by atoms with E-state index in [1.54, 1.807) is 0 Å². The fraction of sp³-hybridized carbons (Fsp3) is 0.786. The first-order chi connectivity index (χ1) is 9.22. The topological polar surface area (TPSA) is 50.5 Å². The van der Waals surface area contributed by atoms with Gasteiger partial charge in [0, 0.05) is 44.5 Å². The molecule has 2 atom stereocenters. The third-order valence-electron chi connectivity index (χ3n) is 4.21. The Kier molecular flexibility index (Phi) is 3.60. The maximum Gasteiger partial charge on any atom is 0.108 e. The largest absolute Gasteiger partial charge is 0.389 e. The molecule has 0 radical (unpaired) electrons. The van der Waals surface area contributed by atoms with Crippen molar-refractivity contribution >= 4 is 0 Å². The van der Waals surface area contributed by atoms with Gasteiger partial charge in [0.1, 0.15) is 5.60 Å². The van der Waals surface area contributed by atoms with E-state index in [-0.39, 0.29) is 11.7 Å². The van der Waals surface area contributed by atoms with E-state index < -0.39 is 0 Å². The summed E-state index contributed by atoms with van der Waals surface area (Å²) >= 11 is 0. The Balaban J connectivity index is 1.61. The van der Waals surface area contributed by atoms with E-state index in [1.165, 1.54) is 5.56 Å². The SMILES string of the molecule is CCCn1cc(CN2C[C@H](O)[C@]3(CCCO3)C2)cn1. The lowest BCUT2D eigenvalue weighted by Crippen LogP contribution is -2.40. The molecule has 5 heteroatoms. The summed E-state index contributed by atoms with van der Waals surface area (Å²) in [6.07, 6.45) is 6.85. The van der Waals surface area contributed by atoms with Crippen LogP contribution in [0.1, 0.15) is 31.7 Å². The molecular weight excluding hydrogens is 242 g/mol. The first-order valence-corrected chi connectivity index (χ1v) is 7.27. The number of hydrogen-bond donors (Lipinski definition) is 1. The molecule has 2 aliphatic rings. The van der Waals surface area contributed by atoms with Gasteiger partial charge in [-0.15, -0.1) is 0 Å². The Morgan fingerprint density at radius 2 is 2.47 bits per heavy atom. The standard InChI is InChI=1S/C14H23N3O2/c1-2-5-17-9-12(7-15-17)8-16-10-13(18)14(11-16)4-3-6-19-14/h7,9,13,18H,2-6,8,10-11H2,1H3/t13-,14-/m0/s1. The van der Waals surface area contributed by atoms with Crippen LogP contribution in [0.2, 0.25) is 0 Å². The molecule has 19 heavy (non-hydrogen) atoms. The lowest BCUT2D eigenvalue weighted by atomic mass is 9.97. The van der Waals surface area contributed by atoms with Gasteiger partial charge < -0.3 is 9.84 Å². The molecule has 1 aromatic rings. The van der Waals surface area contributed by atoms with Crippen LogP contribution >= 0.6 is 0 Å². The second kappa shape index (κ2) is 5.23. The minimum Gasteiger partial charge on any atom is -0.389 e. The van der Waals surface area contributed by atoms with Gasteiger partial charge in [-0.2, -0.15) is 5.10 Å². The van der Waals surface area contributed by atoms with Crippen molar-refractivity contribution in [3.05, 3.63) is 18.0 Å². The van der Waals surface area contributed by atoms with Gasteiger partial charge in [-0.3, -0.25) is 9.58 Å². The number of aliphatic hydroxyl groups excluding tert-OH is 1. The van der Waals surface area contributed by atoms with Crippen LogP contribution in [0.25, 0.3) is 0 Å². The molecule has 2 saturated heterocycles. The summed E-state index contributed by atoms with van der Waals surface area (Å²) in [4.78, 5) is 2.28. The number of β-amino-alcohol motifs (C(OH)–C–C–N with tert-alkyl or cyclic N) is 1. The first kappa shape index (κ1) is 13.1. The molecule has 1 N–H and O–H groups in total. The van der Waals surface area contributed by atoms with Crippen molar-refractivity contribution in [3.63, 3.8) is 0 Å². The molecule has 0 aromatic carbocycles. The van der Waals surface area contributed by atoms with E-state index in [9.17, 15) is 5.11 Å². The fourth-order valence-electron chi connectivity index (χ4n) is 3.28. The third-order valence-corrected chi connectivity index (χ3v) is 4.21. The minimum atomic E-state index is -0.347. The summed E-state index contributed by atoms with van der Waals surface area (Å²) in [5.74, 6) is 0. The summed E-state index contributed by atoms with van der Waals surface area (Å²) in [5, 5.41) is 14.6. The molecular formula is C14H23N3O2. The van der Waals surface area contributed by atoms with E-state index in [2.05, 4.69) is 23.1 Å². The van der Waals surface area contributed by atoms with Crippen LogP contribution in [0.4, 0.5) is 0 Å². The van der Waals surface area contributed by atoms with Crippen molar-refractivity contribution in [1.29, 1.82) is 0 Å². The van der Waals surface area contributed by atoms with E-state index in [0.717, 1.165) is 45.5 Å². The molecule has 5 nitrogen and oxygen atoms in total. The highest BCUT2D eigenvalue weighted by atomic mass is 16.5. The van der Waals surface area contributed by atoms with E-state index in [1.807, 2.05) is 10.9 Å². The Labute approximate surface area is 114 Å². The molecule has 0 amide bonds. The molecule has 0 unspecified atom stereocenters. The van der Waals surface area contributed by atoms with Crippen molar-refractivity contribution in [1.82, 2.24) is 14.7 Å². The normalized spacial score (nSPS) is 31.6. The quantitative estimate of drug-likeness (QED) is 0.883. The van der Waals surface area contributed by atoms with Crippen LogP contribution in [-0.2, 0) is 17.8 Å². The number of aryl methyl sites for hydroxylation is 1. The molecule has 0 bridgehead atoms. The van der Waals surface area contributed by atoms with Crippen molar-refractivity contribution in [2.45, 2.75) is 51.0 Å². The number of rotatable bonds is 4. The van der Waals surface area contributed by atoms with Crippen LogP contribution in [0.15, 0.2) is 12.4 Å². The van der Waals surface area contributed by atoms with Gasteiger partial charge in [0.25, 0.3) is 0 Å². The summed E-state index contributed by atoms with van der Waals surface area (Å²) < 4.78 is 7.80. The lowest BCUT2D eigenvalue weighted by molar-refractivity contribution is -0.0593. The van der Waals surface area contributed by atoms with Crippen molar-refractivity contribution < 1.29 is 9.84 Å². The molecule has 1 aromatic heterocycles. The number of aliphatic hydroxyl groups is 1. The van der Waals surface area contributed by atoms with Crippen molar-refractivity contribution in [3.8, 4) is 0 Å². The lowest BCUT2D eigenvalue weighted by Gasteiger charge is -2.25. The van der Waals surface area contributed by atoms with Gasteiger partial charge in [0.2, 0.25) is 0 Å². The van der Waals surface area contributed by atoms with Gasteiger partial charge >= 0.3 is 0 Å². The van der Waals surface area contributed by atoms with Crippen molar-refractivity contribution in [2.24, 2.45) is 0 Å². The highest BCUT2D eigenvalue weighted by Crippen LogP contribution is 2.35. The molecule has 0 aliphatic carbocycles. The average Bonchev–Trinajstić information content (AvgIpc) is 3.06. The van der Waals surface area contributed by atoms with E-state index >= 15 is 0 Å². The van der Waals surface area contributed by atoms with Gasteiger partial charge in [0.15, 0.2) is 0 Å². The second-order valence-corrected chi connectivity index (χ2v) is 5.81. The average molecular weight is 265 g/mol. The zero-order chi connectivity index (χ0) is 13.3. The molecule has 2 aliphatic heterocycles. The third kappa shape index (κ3) is 2.55. The van der Waals surface area contributed by atoms with Crippen LogP contribution in [0.5, 0.6) is 0 Å². The molecule has 1 spiro atoms. The van der Waals surface area contributed by atoms with Crippen LogP contribution < -0.4 is 0 Å². The number of ether oxygens (including phenoxy) is 1. The predicted octanol–water partition coefficient (Wildman–Crippen LogP) is 1.02. The maximum atomic E-state index is 10.2. The zero-order valence-electron chi connectivity index (χ0n) is 11.6. The Hall–Kier alpha value is -0.910. The highest BCUT2D eigenvalue weighted by Gasteiger charge is 2.48. The summed E-state index contributed by atoms with van der Waals surface area (Å²) in [6, 6.07) is 0.